The zero-order valence-electron chi connectivity index (χ0n) is 13.6. The monoisotopic (exact) mass is 319 g/mol. The van der Waals surface area contributed by atoms with Crippen molar-refractivity contribution in [2.75, 3.05) is 19.6 Å². The van der Waals surface area contributed by atoms with Crippen LogP contribution in [0.4, 0.5) is 9.18 Å². The van der Waals surface area contributed by atoms with Crippen molar-refractivity contribution in [3.63, 3.8) is 0 Å². The number of carbonyl (C=O) groups is 1. The van der Waals surface area contributed by atoms with Gasteiger partial charge in [0.1, 0.15) is 11.4 Å². The summed E-state index contributed by atoms with van der Waals surface area (Å²) in [4.78, 5) is 17.3. The molecule has 0 bridgehead atoms. The van der Waals surface area contributed by atoms with E-state index in [4.69, 9.17) is 4.74 Å². The van der Waals surface area contributed by atoms with E-state index in [1.54, 1.807) is 17.2 Å². The number of aromatic nitrogens is 1. The summed E-state index contributed by atoms with van der Waals surface area (Å²) in [6.45, 7) is 7.32. The van der Waals surface area contributed by atoms with Crippen LogP contribution in [0.2, 0.25) is 0 Å². The first-order valence-corrected chi connectivity index (χ1v) is 7.82. The van der Waals surface area contributed by atoms with Gasteiger partial charge in [0, 0.05) is 42.3 Å². The Bertz CT molecular complexity index is 720. The Hall–Kier alpha value is -2.08. The van der Waals surface area contributed by atoms with E-state index in [1.165, 1.54) is 6.07 Å². The second-order valence-corrected chi connectivity index (χ2v) is 6.80. The maximum atomic E-state index is 14.3. The minimum absolute atomic E-state index is 0.260. The summed E-state index contributed by atoms with van der Waals surface area (Å²) in [6.07, 6.45) is 1.41. The van der Waals surface area contributed by atoms with E-state index in [1.807, 2.05) is 26.8 Å². The number of fused-ring (bicyclic) bond motifs is 1. The molecule has 0 spiro atoms. The summed E-state index contributed by atoms with van der Waals surface area (Å²) in [5, 5.41) is 3.81. The molecule has 2 heterocycles. The molecule has 1 aromatic carbocycles. The van der Waals surface area contributed by atoms with E-state index in [-0.39, 0.29) is 18.0 Å². The molecule has 1 aromatic heterocycles. The van der Waals surface area contributed by atoms with E-state index >= 15 is 0 Å². The van der Waals surface area contributed by atoms with Gasteiger partial charge in [0.25, 0.3) is 0 Å². The van der Waals surface area contributed by atoms with Crippen LogP contribution < -0.4 is 5.32 Å². The Morgan fingerprint density at radius 3 is 2.91 bits per heavy atom. The summed E-state index contributed by atoms with van der Waals surface area (Å²) in [6, 6.07) is 4.68. The lowest BCUT2D eigenvalue weighted by atomic mass is 10.0. The van der Waals surface area contributed by atoms with Gasteiger partial charge in [0.15, 0.2) is 0 Å². The number of halogens is 1. The smallest absolute Gasteiger partial charge is 0.410 e. The molecule has 6 heteroatoms. The summed E-state index contributed by atoms with van der Waals surface area (Å²) >= 11 is 0. The van der Waals surface area contributed by atoms with Crippen LogP contribution in [0.25, 0.3) is 10.9 Å². The molecule has 3 rings (SSSR count). The van der Waals surface area contributed by atoms with Crippen LogP contribution in [0.15, 0.2) is 24.4 Å². The molecular formula is C17H22FN3O2. The summed E-state index contributed by atoms with van der Waals surface area (Å²) in [5.41, 5.74) is 0.948. The zero-order valence-corrected chi connectivity index (χ0v) is 13.6. The molecule has 0 saturated carbocycles. The highest BCUT2D eigenvalue weighted by atomic mass is 19.1. The highest BCUT2D eigenvalue weighted by Crippen LogP contribution is 2.31. The van der Waals surface area contributed by atoms with Gasteiger partial charge in [-0.2, -0.15) is 0 Å². The summed E-state index contributed by atoms with van der Waals surface area (Å²) in [5.74, 6) is -0.284. The average Bonchev–Trinajstić information content (AvgIpc) is 2.91. The van der Waals surface area contributed by atoms with Crippen LogP contribution in [0.1, 0.15) is 32.4 Å². The van der Waals surface area contributed by atoms with Crippen LogP contribution in [0.3, 0.4) is 0 Å². The van der Waals surface area contributed by atoms with E-state index < -0.39 is 5.60 Å². The van der Waals surface area contributed by atoms with Crippen LogP contribution in [0, 0.1) is 5.82 Å². The van der Waals surface area contributed by atoms with Gasteiger partial charge in [0.2, 0.25) is 0 Å². The maximum Gasteiger partial charge on any atom is 0.410 e. The standard InChI is InChI=1S/C17H22FN3O2/c1-17(2,3)23-16(22)21-8-7-19-10-14(21)11-9-20-13-6-4-5-12(18)15(11)13/h4-6,9,14,19-20H,7-8,10H2,1-3H3. The second kappa shape index (κ2) is 5.85. The molecule has 2 N–H and O–H groups in total. The molecule has 23 heavy (non-hydrogen) atoms. The quantitative estimate of drug-likeness (QED) is 0.849. The van der Waals surface area contributed by atoms with E-state index in [0.29, 0.717) is 25.0 Å². The number of hydrogen-bond acceptors (Lipinski definition) is 3. The first-order valence-electron chi connectivity index (χ1n) is 7.82. The largest absolute Gasteiger partial charge is 0.444 e. The third kappa shape index (κ3) is 3.17. The van der Waals surface area contributed by atoms with Gasteiger partial charge in [-0.3, -0.25) is 4.90 Å². The van der Waals surface area contributed by atoms with Crippen molar-refractivity contribution in [2.45, 2.75) is 32.4 Å². The van der Waals surface area contributed by atoms with Gasteiger partial charge in [-0.15, -0.1) is 0 Å². The van der Waals surface area contributed by atoms with Gasteiger partial charge in [-0.05, 0) is 32.9 Å². The van der Waals surface area contributed by atoms with Crippen LogP contribution >= 0.6 is 0 Å². The van der Waals surface area contributed by atoms with Crippen molar-refractivity contribution in [1.82, 2.24) is 15.2 Å². The lowest BCUT2D eigenvalue weighted by molar-refractivity contribution is 0.0119. The van der Waals surface area contributed by atoms with Crippen molar-refractivity contribution >= 4 is 17.0 Å². The fourth-order valence-corrected chi connectivity index (χ4v) is 2.95. The third-order valence-corrected chi connectivity index (χ3v) is 3.92. The molecule has 1 unspecified atom stereocenters. The molecule has 1 atom stereocenters. The SMILES string of the molecule is CC(C)(C)OC(=O)N1CCNCC1c1c[nH]c2cccc(F)c12. The molecule has 1 amide bonds. The number of nitrogens with zero attached hydrogens (tertiary/aromatic N) is 1. The van der Waals surface area contributed by atoms with E-state index in [0.717, 1.165) is 11.1 Å². The van der Waals surface area contributed by atoms with E-state index in [2.05, 4.69) is 10.3 Å². The van der Waals surface area contributed by atoms with Gasteiger partial charge < -0.3 is 15.0 Å². The van der Waals surface area contributed by atoms with E-state index in [9.17, 15) is 9.18 Å². The average molecular weight is 319 g/mol. The van der Waals surface area contributed by atoms with Gasteiger partial charge in [-0.25, -0.2) is 9.18 Å². The topological polar surface area (TPSA) is 57.4 Å². The predicted octanol–water partition coefficient (Wildman–Crippen LogP) is 3.19. The number of H-pyrrole nitrogens is 1. The summed E-state index contributed by atoms with van der Waals surface area (Å²) < 4.78 is 19.8. The number of piperazine rings is 1. The molecule has 0 radical (unpaired) electrons. The number of nitrogens with one attached hydrogen (secondary N) is 2. The van der Waals surface area contributed by atoms with Gasteiger partial charge in [0.05, 0.1) is 6.04 Å². The lowest BCUT2D eigenvalue weighted by Crippen LogP contribution is -2.50. The molecular weight excluding hydrogens is 297 g/mol. The minimum Gasteiger partial charge on any atom is -0.444 e. The summed E-state index contributed by atoms with van der Waals surface area (Å²) in [7, 11) is 0. The third-order valence-electron chi connectivity index (χ3n) is 3.92. The van der Waals surface area contributed by atoms with Crippen molar-refractivity contribution in [2.24, 2.45) is 0 Å². The Kier molecular flexibility index (Phi) is 4.02. The van der Waals surface area contributed by atoms with Gasteiger partial charge >= 0.3 is 6.09 Å². The highest BCUT2D eigenvalue weighted by Gasteiger charge is 2.33. The predicted molar refractivity (Wildman–Crippen MR) is 86.8 cm³/mol. The minimum atomic E-state index is -0.558. The first-order chi connectivity index (χ1) is 10.9. The molecule has 1 fully saturated rings. The zero-order chi connectivity index (χ0) is 16.6. The molecule has 1 aliphatic heterocycles. The fraction of sp³-hybridized carbons (Fsp3) is 0.471. The number of benzene rings is 1. The van der Waals surface area contributed by atoms with Crippen molar-refractivity contribution in [3.05, 3.63) is 35.8 Å². The Labute approximate surface area is 134 Å². The molecule has 0 aliphatic carbocycles. The first kappa shape index (κ1) is 15.8. The lowest BCUT2D eigenvalue weighted by Gasteiger charge is -2.37. The maximum absolute atomic E-state index is 14.3. The molecule has 1 saturated heterocycles. The van der Waals surface area contributed by atoms with Crippen molar-refractivity contribution in [3.8, 4) is 0 Å². The van der Waals surface area contributed by atoms with Crippen molar-refractivity contribution in [1.29, 1.82) is 0 Å². The van der Waals surface area contributed by atoms with Crippen LogP contribution in [0.5, 0.6) is 0 Å². The van der Waals surface area contributed by atoms with Crippen LogP contribution in [-0.2, 0) is 4.74 Å². The Balaban J connectivity index is 1.96. The highest BCUT2D eigenvalue weighted by molar-refractivity contribution is 5.85. The number of ether oxygens (including phenoxy) is 1. The fourth-order valence-electron chi connectivity index (χ4n) is 2.95. The molecule has 5 nitrogen and oxygen atoms in total. The van der Waals surface area contributed by atoms with Crippen LogP contribution in [-0.4, -0.2) is 41.2 Å². The van der Waals surface area contributed by atoms with Gasteiger partial charge in [-0.1, -0.05) is 6.07 Å². The normalized spacial score (nSPS) is 19.1. The number of rotatable bonds is 1. The Morgan fingerprint density at radius 1 is 1.39 bits per heavy atom. The number of aromatic amines is 1. The van der Waals surface area contributed by atoms with Crippen molar-refractivity contribution < 1.29 is 13.9 Å². The second-order valence-electron chi connectivity index (χ2n) is 6.80. The Morgan fingerprint density at radius 2 is 2.17 bits per heavy atom. The molecule has 124 valence electrons. The number of carbonyl (C=O) groups excluding carboxylic acids is 1. The number of amides is 1. The number of hydrogen-bond donors (Lipinski definition) is 2. The molecule has 2 aromatic rings. The molecule has 1 aliphatic rings.